The highest BCUT2D eigenvalue weighted by atomic mass is 35.5. The fourth-order valence-corrected chi connectivity index (χ4v) is 3.32. The number of rotatable bonds is 7. The molecule has 6 nitrogen and oxygen atoms in total. The van der Waals surface area contributed by atoms with Crippen LogP contribution in [0.5, 0.6) is 0 Å². The maximum Gasteiger partial charge on any atom is 0.243 e. The first kappa shape index (κ1) is 18.7. The van der Waals surface area contributed by atoms with E-state index < -0.39 is 16.1 Å². The number of nitrogens with zero attached hydrogens (tertiary/aromatic N) is 2. The van der Waals surface area contributed by atoms with Gasteiger partial charge in [0.1, 0.15) is 6.04 Å². The van der Waals surface area contributed by atoms with Gasteiger partial charge in [0.25, 0.3) is 0 Å². The van der Waals surface area contributed by atoms with E-state index in [1.54, 1.807) is 25.1 Å². The zero-order chi connectivity index (χ0) is 16.9. The first-order valence-electron chi connectivity index (χ1n) is 6.80. The Kier molecular flexibility index (Phi) is 6.65. The minimum atomic E-state index is -3.62. The van der Waals surface area contributed by atoms with Crippen LogP contribution < -0.4 is 9.62 Å². The summed E-state index contributed by atoms with van der Waals surface area (Å²) in [6, 6.07) is 5.55. The smallest absolute Gasteiger partial charge is 0.243 e. The summed E-state index contributed by atoms with van der Waals surface area (Å²) < 4.78 is 25.2. The second kappa shape index (κ2) is 7.80. The van der Waals surface area contributed by atoms with Crippen LogP contribution in [0.25, 0.3) is 0 Å². The lowest BCUT2D eigenvalue weighted by atomic mass is 10.2. The van der Waals surface area contributed by atoms with Crippen LogP contribution in [0.3, 0.4) is 0 Å². The number of halogens is 1. The molecule has 1 unspecified atom stereocenters. The third kappa shape index (κ3) is 5.47. The van der Waals surface area contributed by atoms with Gasteiger partial charge >= 0.3 is 0 Å². The maximum atomic E-state index is 12.2. The summed E-state index contributed by atoms with van der Waals surface area (Å²) in [6.07, 6.45) is 1.07. The molecule has 124 valence electrons. The van der Waals surface area contributed by atoms with Gasteiger partial charge in [-0.15, -0.1) is 0 Å². The molecule has 0 saturated carbocycles. The average Bonchev–Trinajstić information content (AvgIpc) is 2.36. The number of carbonyl (C=O) groups is 1. The third-order valence-electron chi connectivity index (χ3n) is 3.01. The minimum Gasteiger partial charge on any atom is -0.353 e. The minimum absolute atomic E-state index is 0.354. The molecule has 1 aromatic rings. The number of likely N-dealkylation sites (N-methyl/N-ethyl adjacent to an activating group) is 1. The van der Waals surface area contributed by atoms with E-state index in [1.165, 1.54) is 6.07 Å². The molecule has 0 heterocycles. The lowest BCUT2D eigenvalue weighted by Crippen LogP contribution is -2.48. The van der Waals surface area contributed by atoms with Gasteiger partial charge in [-0.1, -0.05) is 17.7 Å². The zero-order valence-corrected chi connectivity index (χ0v) is 14.8. The molecule has 0 spiro atoms. The first-order chi connectivity index (χ1) is 10.1. The van der Waals surface area contributed by atoms with Gasteiger partial charge in [-0.2, -0.15) is 0 Å². The molecular formula is C14H22ClN3O3S. The molecule has 1 atom stereocenters. The van der Waals surface area contributed by atoms with Gasteiger partial charge in [0.2, 0.25) is 15.9 Å². The molecule has 0 fully saturated rings. The maximum absolute atomic E-state index is 12.2. The number of benzene rings is 1. The Morgan fingerprint density at radius 2 is 2.00 bits per heavy atom. The molecule has 0 aliphatic heterocycles. The van der Waals surface area contributed by atoms with Crippen molar-refractivity contribution >= 4 is 33.2 Å². The van der Waals surface area contributed by atoms with E-state index in [0.717, 1.165) is 10.6 Å². The molecule has 0 saturated heterocycles. The molecule has 1 N–H and O–H groups in total. The largest absolute Gasteiger partial charge is 0.353 e. The van der Waals surface area contributed by atoms with Crippen molar-refractivity contribution in [3.8, 4) is 0 Å². The summed E-state index contributed by atoms with van der Waals surface area (Å²) in [5.41, 5.74) is 0.366. The number of anilines is 1. The fraction of sp³-hybridized carbons (Fsp3) is 0.500. The lowest BCUT2D eigenvalue weighted by molar-refractivity contribution is -0.121. The normalized spacial score (nSPS) is 13.0. The van der Waals surface area contributed by atoms with E-state index in [2.05, 4.69) is 5.32 Å². The number of hydrogen-bond donors (Lipinski definition) is 1. The van der Waals surface area contributed by atoms with Crippen molar-refractivity contribution in [2.45, 2.75) is 13.0 Å². The third-order valence-corrected chi connectivity index (χ3v) is 4.49. The SMILES string of the molecule is CC(C(=O)NCCN(C)C)N(c1cccc(Cl)c1)S(C)(=O)=O. The number of hydrogen-bond acceptors (Lipinski definition) is 4. The average molecular weight is 348 g/mol. The van der Waals surface area contributed by atoms with Gasteiger partial charge in [0.05, 0.1) is 11.9 Å². The Morgan fingerprint density at radius 3 is 2.50 bits per heavy atom. The Balaban J connectivity index is 2.96. The summed E-state index contributed by atoms with van der Waals surface area (Å²) in [5, 5.41) is 3.14. The standard InChI is InChI=1S/C14H22ClN3O3S/c1-11(14(19)16-8-9-17(2)3)18(22(4,20)21)13-7-5-6-12(15)10-13/h5-7,10-11H,8-9H2,1-4H3,(H,16,19). The van der Waals surface area contributed by atoms with E-state index in [-0.39, 0.29) is 5.91 Å². The second-order valence-electron chi connectivity index (χ2n) is 5.31. The Morgan fingerprint density at radius 1 is 1.36 bits per heavy atom. The number of carbonyl (C=O) groups excluding carboxylic acids is 1. The van der Waals surface area contributed by atoms with Crippen LogP contribution in [-0.2, 0) is 14.8 Å². The Labute approximate surface area is 137 Å². The predicted molar refractivity (Wildman–Crippen MR) is 89.8 cm³/mol. The van der Waals surface area contributed by atoms with Crippen LogP contribution in [0, 0.1) is 0 Å². The molecule has 1 amide bonds. The summed E-state index contributed by atoms with van der Waals surface area (Å²) in [4.78, 5) is 14.1. The van der Waals surface area contributed by atoms with Crippen LogP contribution in [0.2, 0.25) is 5.02 Å². The summed E-state index contributed by atoms with van der Waals surface area (Å²) in [5.74, 6) is -0.354. The number of amides is 1. The lowest BCUT2D eigenvalue weighted by Gasteiger charge is -2.28. The summed E-state index contributed by atoms with van der Waals surface area (Å²) >= 11 is 5.91. The van der Waals surface area contributed by atoms with E-state index in [9.17, 15) is 13.2 Å². The molecule has 0 aromatic heterocycles. The Bertz CT molecular complexity index is 620. The van der Waals surface area contributed by atoms with E-state index in [0.29, 0.717) is 23.8 Å². The second-order valence-corrected chi connectivity index (χ2v) is 7.60. The van der Waals surface area contributed by atoms with Gasteiger partial charge in [0, 0.05) is 18.1 Å². The van der Waals surface area contributed by atoms with E-state index in [1.807, 2.05) is 19.0 Å². The van der Waals surface area contributed by atoms with Crippen molar-refractivity contribution in [2.24, 2.45) is 0 Å². The van der Waals surface area contributed by atoms with Crippen molar-refractivity contribution in [3.63, 3.8) is 0 Å². The van der Waals surface area contributed by atoms with Crippen LogP contribution in [0.15, 0.2) is 24.3 Å². The quantitative estimate of drug-likeness (QED) is 0.804. The molecule has 0 bridgehead atoms. The van der Waals surface area contributed by atoms with E-state index in [4.69, 9.17) is 11.6 Å². The summed E-state index contributed by atoms with van der Waals surface area (Å²) in [6.45, 7) is 2.67. The number of nitrogens with one attached hydrogen (secondary N) is 1. The topological polar surface area (TPSA) is 69.7 Å². The van der Waals surface area contributed by atoms with Gasteiger partial charge in [0.15, 0.2) is 0 Å². The van der Waals surface area contributed by atoms with Gasteiger partial charge < -0.3 is 10.2 Å². The molecule has 22 heavy (non-hydrogen) atoms. The van der Waals surface area contributed by atoms with E-state index >= 15 is 0 Å². The zero-order valence-electron chi connectivity index (χ0n) is 13.2. The van der Waals surface area contributed by atoms with Gasteiger partial charge in [-0.3, -0.25) is 9.10 Å². The molecule has 0 radical (unpaired) electrons. The van der Waals surface area contributed by atoms with Gasteiger partial charge in [-0.25, -0.2) is 8.42 Å². The fourth-order valence-electron chi connectivity index (χ4n) is 1.97. The highest BCUT2D eigenvalue weighted by molar-refractivity contribution is 7.92. The molecule has 8 heteroatoms. The van der Waals surface area contributed by atoms with Crippen LogP contribution in [0.1, 0.15) is 6.92 Å². The monoisotopic (exact) mass is 347 g/mol. The van der Waals surface area contributed by atoms with Crippen molar-refractivity contribution in [2.75, 3.05) is 37.7 Å². The van der Waals surface area contributed by atoms with Crippen LogP contribution in [-0.4, -0.2) is 58.7 Å². The highest BCUT2D eigenvalue weighted by Gasteiger charge is 2.28. The van der Waals surface area contributed by atoms with Crippen molar-refractivity contribution in [1.29, 1.82) is 0 Å². The first-order valence-corrected chi connectivity index (χ1v) is 9.03. The molecule has 1 aromatic carbocycles. The van der Waals surface area contributed by atoms with Crippen molar-refractivity contribution < 1.29 is 13.2 Å². The van der Waals surface area contributed by atoms with Crippen LogP contribution >= 0.6 is 11.6 Å². The molecule has 0 aliphatic carbocycles. The Hall–Kier alpha value is -1.31. The van der Waals surface area contributed by atoms with Gasteiger partial charge in [-0.05, 0) is 39.2 Å². The molecular weight excluding hydrogens is 326 g/mol. The summed E-state index contributed by atoms with van der Waals surface area (Å²) in [7, 11) is 0.170. The highest BCUT2D eigenvalue weighted by Crippen LogP contribution is 2.24. The van der Waals surface area contributed by atoms with Crippen molar-refractivity contribution in [1.82, 2.24) is 10.2 Å². The van der Waals surface area contributed by atoms with Crippen molar-refractivity contribution in [3.05, 3.63) is 29.3 Å². The molecule has 0 aliphatic rings. The molecule has 1 rings (SSSR count). The predicted octanol–water partition coefficient (Wildman–Crippen LogP) is 1.17. The number of sulfonamides is 1. The van der Waals surface area contributed by atoms with Crippen LogP contribution in [0.4, 0.5) is 5.69 Å².